The van der Waals surface area contributed by atoms with Gasteiger partial charge in [0.2, 0.25) is 6.79 Å². The fourth-order valence-electron chi connectivity index (χ4n) is 2.63. The molecule has 0 saturated heterocycles. The van der Waals surface area contributed by atoms with Crippen LogP contribution in [-0.2, 0) is 14.3 Å². The quantitative estimate of drug-likeness (QED) is 0.280. The molecule has 0 saturated carbocycles. The van der Waals surface area contributed by atoms with Crippen molar-refractivity contribution in [3.8, 4) is 5.75 Å². The molecule has 3 rings (SSSR count). The van der Waals surface area contributed by atoms with E-state index in [4.69, 9.17) is 21.1 Å². The molecule has 0 radical (unpaired) electrons. The summed E-state index contributed by atoms with van der Waals surface area (Å²) in [4.78, 5) is 24.2. The van der Waals surface area contributed by atoms with Crippen LogP contribution in [0.2, 0.25) is 5.02 Å². The number of hydrogen-bond acceptors (Lipinski definition) is 4. The molecule has 0 unspecified atom stereocenters. The minimum Gasteiger partial charge on any atom is -0.455 e. The van der Waals surface area contributed by atoms with Gasteiger partial charge in [0.15, 0.2) is 5.75 Å². The van der Waals surface area contributed by atoms with Crippen molar-refractivity contribution in [3.63, 3.8) is 0 Å². The maximum atomic E-state index is 12.4. The number of esters is 1. The molecule has 5 nitrogen and oxygen atoms in total. The van der Waals surface area contributed by atoms with Gasteiger partial charge in [-0.15, -0.1) is 0 Å². The van der Waals surface area contributed by atoms with Gasteiger partial charge in [-0.2, -0.15) is 0 Å². The van der Waals surface area contributed by atoms with Crippen LogP contribution in [-0.4, -0.2) is 18.7 Å². The lowest BCUT2D eigenvalue weighted by atomic mass is 9.98. The van der Waals surface area contributed by atoms with Gasteiger partial charge in [0.25, 0.3) is 5.91 Å². The number of benzene rings is 2. The molecule has 1 aliphatic heterocycles. The zero-order chi connectivity index (χ0) is 21.3. The van der Waals surface area contributed by atoms with Crippen LogP contribution in [0.3, 0.4) is 0 Å². The highest BCUT2D eigenvalue weighted by Gasteiger charge is 2.25. The van der Waals surface area contributed by atoms with Crippen molar-refractivity contribution in [2.24, 2.45) is 5.41 Å². The molecule has 29 heavy (non-hydrogen) atoms. The van der Waals surface area contributed by atoms with Crippen LogP contribution in [0, 0.1) is 5.41 Å². The molecular formula is C21H18Br2ClNO4. The molecule has 1 N–H and O–H groups in total. The largest absolute Gasteiger partial charge is 0.455 e. The van der Waals surface area contributed by atoms with Gasteiger partial charge in [0, 0.05) is 21.8 Å². The molecule has 1 aliphatic rings. The van der Waals surface area contributed by atoms with E-state index in [0.29, 0.717) is 25.3 Å². The highest BCUT2D eigenvalue weighted by molar-refractivity contribution is 9.11. The van der Waals surface area contributed by atoms with E-state index in [1.165, 1.54) is 0 Å². The molecule has 0 fully saturated rings. The Morgan fingerprint density at radius 2 is 1.83 bits per heavy atom. The highest BCUT2D eigenvalue weighted by atomic mass is 79.9. The molecule has 1 heterocycles. The number of ether oxygens (including phenoxy) is 2. The number of rotatable bonds is 4. The fraction of sp³-hybridized carbons (Fsp3) is 0.238. The summed E-state index contributed by atoms with van der Waals surface area (Å²) in [6, 6.07) is 8.89. The molecule has 0 atom stereocenters. The van der Waals surface area contributed by atoms with Crippen LogP contribution < -0.4 is 10.1 Å². The first kappa shape index (κ1) is 21.9. The fourth-order valence-corrected chi connectivity index (χ4v) is 4.25. The maximum absolute atomic E-state index is 12.4. The van der Waals surface area contributed by atoms with E-state index in [9.17, 15) is 9.59 Å². The second-order valence-electron chi connectivity index (χ2n) is 7.46. The summed E-state index contributed by atoms with van der Waals surface area (Å²) in [6.45, 7) is 5.11. The van der Waals surface area contributed by atoms with E-state index in [2.05, 4.69) is 37.2 Å². The van der Waals surface area contributed by atoms with E-state index in [-0.39, 0.29) is 18.7 Å². The number of carbonyl (C=O) groups excluding carboxylic acids is 2. The van der Waals surface area contributed by atoms with E-state index in [1.54, 1.807) is 45.0 Å². The van der Waals surface area contributed by atoms with Gasteiger partial charge in [0.05, 0.1) is 14.4 Å². The Bertz CT molecular complexity index is 1000. The lowest BCUT2D eigenvalue weighted by Gasteiger charge is -2.17. The van der Waals surface area contributed by atoms with Crippen molar-refractivity contribution < 1.29 is 19.1 Å². The SMILES string of the molecule is CC(C)(C)C(=O)OCOc1c(Br)cc(/C=C2\C(=O)Nc3ccc(Cl)cc32)cc1Br. The normalized spacial score (nSPS) is 14.6. The first-order valence-electron chi connectivity index (χ1n) is 8.68. The van der Waals surface area contributed by atoms with Gasteiger partial charge in [-0.3, -0.25) is 9.59 Å². The molecule has 2 aromatic carbocycles. The number of hydrogen-bond donors (Lipinski definition) is 1. The van der Waals surface area contributed by atoms with Gasteiger partial charge < -0.3 is 14.8 Å². The molecule has 0 aliphatic carbocycles. The Balaban J connectivity index is 1.82. The molecule has 0 spiro atoms. The Labute approximate surface area is 190 Å². The van der Waals surface area contributed by atoms with Crippen molar-refractivity contribution >= 4 is 72.7 Å². The predicted octanol–water partition coefficient (Wildman–Crippen LogP) is 6.28. The smallest absolute Gasteiger partial charge is 0.314 e. The standard InChI is InChI=1S/C21H18Br2ClNO4/c1-21(2,3)20(27)29-10-28-18-15(22)7-11(8-16(18)23)6-14-13-9-12(24)4-5-17(13)25-19(14)26/h4-9H,10H2,1-3H3,(H,25,26)/b14-6-. The number of anilines is 1. The number of fused-ring (bicyclic) bond motifs is 1. The second kappa shape index (κ2) is 8.50. The first-order chi connectivity index (χ1) is 13.6. The molecule has 8 heteroatoms. The van der Waals surface area contributed by atoms with Crippen molar-refractivity contribution in [2.75, 3.05) is 12.1 Å². The van der Waals surface area contributed by atoms with Crippen molar-refractivity contribution in [2.45, 2.75) is 20.8 Å². The van der Waals surface area contributed by atoms with Crippen LogP contribution in [0.4, 0.5) is 5.69 Å². The van der Waals surface area contributed by atoms with Gasteiger partial charge in [-0.25, -0.2) is 0 Å². The van der Waals surface area contributed by atoms with Crippen LogP contribution >= 0.6 is 43.5 Å². The topological polar surface area (TPSA) is 64.6 Å². The summed E-state index contributed by atoms with van der Waals surface area (Å²) in [7, 11) is 0. The first-order valence-corrected chi connectivity index (χ1v) is 10.6. The lowest BCUT2D eigenvalue weighted by Crippen LogP contribution is -2.24. The molecule has 1 amide bonds. The maximum Gasteiger partial charge on any atom is 0.314 e. The number of amides is 1. The van der Waals surface area contributed by atoms with Crippen LogP contribution in [0.25, 0.3) is 11.6 Å². The second-order valence-corrected chi connectivity index (χ2v) is 9.60. The van der Waals surface area contributed by atoms with Crippen molar-refractivity contribution in [3.05, 3.63) is 55.4 Å². The zero-order valence-corrected chi connectivity index (χ0v) is 19.9. The van der Waals surface area contributed by atoms with Crippen LogP contribution in [0.1, 0.15) is 31.9 Å². The summed E-state index contributed by atoms with van der Waals surface area (Å²) >= 11 is 13.0. The zero-order valence-electron chi connectivity index (χ0n) is 15.9. The Kier molecular flexibility index (Phi) is 6.41. The Morgan fingerprint density at radius 3 is 2.45 bits per heavy atom. The third-order valence-corrected chi connectivity index (χ3v) is 5.52. The Morgan fingerprint density at radius 1 is 1.17 bits per heavy atom. The average molecular weight is 544 g/mol. The number of carbonyl (C=O) groups is 2. The molecule has 0 aromatic heterocycles. The van der Waals surface area contributed by atoms with Gasteiger partial charge in [-0.1, -0.05) is 11.6 Å². The van der Waals surface area contributed by atoms with Crippen molar-refractivity contribution in [1.82, 2.24) is 0 Å². The molecular weight excluding hydrogens is 525 g/mol. The van der Waals surface area contributed by atoms with E-state index in [0.717, 1.165) is 16.8 Å². The van der Waals surface area contributed by atoms with Gasteiger partial charge >= 0.3 is 5.97 Å². The molecule has 2 aromatic rings. The highest BCUT2D eigenvalue weighted by Crippen LogP contribution is 2.38. The third kappa shape index (κ3) is 5.02. The van der Waals surface area contributed by atoms with E-state index >= 15 is 0 Å². The monoisotopic (exact) mass is 541 g/mol. The summed E-state index contributed by atoms with van der Waals surface area (Å²) < 4.78 is 12.0. The Hall–Kier alpha value is -1.83. The molecule has 152 valence electrons. The van der Waals surface area contributed by atoms with Gasteiger partial charge in [-0.05, 0) is 94.6 Å². The van der Waals surface area contributed by atoms with Crippen LogP contribution in [0.5, 0.6) is 5.75 Å². The summed E-state index contributed by atoms with van der Waals surface area (Å²) in [5, 5.41) is 3.38. The van der Waals surface area contributed by atoms with E-state index < -0.39 is 5.41 Å². The molecule has 0 bridgehead atoms. The minimum atomic E-state index is -0.602. The van der Waals surface area contributed by atoms with E-state index in [1.807, 2.05) is 12.1 Å². The van der Waals surface area contributed by atoms with Gasteiger partial charge in [0.1, 0.15) is 0 Å². The summed E-state index contributed by atoms with van der Waals surface area (Å²) in [5.74, 6) is -0.0484. The lowest BCUT2D eigenvalue weighted by molar-refractivity contribution is -0.159. The number of nitrogens with one attached hydrogen (secondary N) is 1. The summed E-state index contributed by atoms with van der Waals surface area (Å²) in [6.07, 6.45) is 1.77. The minimum absolute atomic E-state index is 0.191. The van der Waals surface area contributed by atoms with Crippen molar-refractivity contribution in [1.29, 1.82) is 0 Å². The predicted molar refractivity (Wildman–Crippen MR) is 121 cm³/mol. The average Bonchev–Trinajstić information content (AvgIpc) is 2.91. The summed E-state index contributed by atoms with van der Waals surface area (Å²) in [5.41, 5.74) is 2.18. The third-order valence-electron chi connectivity index (χ3n) is 4.10. The number of halogens is 3. The van der Waals surface area contributed by atoms with Crippen LogP contribution in [0.15, 0.2) is 39.3 Å².